The third-order valence-electron chi connectivity index (χ3n) is 1.93. The number of nitrogens with one attached hydrogen (secondary N) is 1. The van der Waals surface area contributed by atoms with E-state index in [0.717, 1.165) is 12.0 Å². The fourth-order valence-electron chi connectivity index (χ4n) is 1.19. The Hall–Kier alpha value is -1.06. The molecule has 0 heterocycles. The molecular formula is C10H13ClN2O. The van der Waals surface area contributed by atoms with Crippen LogP contribution in [0.15, 0.2) is 18.2 Å². The van der Waals surface area contributed by atoms with Gasteiger partial charge in [-0.15, -0.1) is 0 Å². The summed E-state index contributed by atoms with van der Waals surface area (Å²) in [6.07, 6.45) is 0.820. The van der Waals surface area contributed by atoms with Crippen molar-refractivity contribution in [1.29, 1.82) is 0 Å². The van der Waals surface area contributed by atoms with Crippen LogP contribution in [0, 0.1) is 0 Å². The van der Waals surface area contributed by atoms with E-state index >= 15 is 0 Å². The highest BCUT2D eigenvalue weighted by Crippen LogP contribution is 2.26. The number of aryl methyl sites for hydroxylation is 1. The third kappa shape index (κ3) is 2.47. The third-order valence-corrected chi connectivity index (χ3v) is 2.25. The number of para-hydroxylation sites is 1. The minimum Gasteiger partial charge on any atom is -0.323 e. The van der Waals surface area contributed by atoms with Gasteiger partial charge in [-0.25, -0.2) is 0 Å². The number of amides is 1. The second kappa shape index (κ2) is 4.98. The summed E-state index contributed by atoms with van der Waals surface area (Å²) in [5, 5.41) is 3.23. The lowest BCUT2D eigenvalue weighted by molar-refractivity contribution is -0.114. The first-order chi connectivity index (χ1) is 6.69. The highest BCUT2D eigenvalue weighted by Gasteiger charge is 2.07. The molecule has 0 fully saturated rings. The topological polar surface area (TPSA) is 55.1 Å². The monoisotopic (exact) mass is 212 g/mol. The molecule has 1 rings (SSSR count). The quantitative estimate of drug-likeness (QED) is 0.803. The van der Waals surface area contributed by atoms with E-state index in [1.54, 1.807) is 6.07 Å². The number of carbonyl (C=O) groups is 1. The molecule has 0 aromatic heterocycles. The normalized spacial score (nSPS) is 9.93. The number of anilines is 1. The zero-order chi connectivity index (χ0) is 10.6. The molecule has 0 aliphatic heterocycles. The number of halogens is 1. The van der Waals surface area contributed by atoms with Gasteiger partial charge in [-0.3, -0.25) is 4.79 Å². The Morgan fingerprint density at radius 2 is 2.29 bits per heavy atom. The Morgan fingerprint density at radius 3 is 2.86 bits per heavy atom. The van der Waals surface area contributed by atoms with Crippen LogP contribution in [-0.2, 0) is 11.2 Å². The summed E-state index contributed by atoms with van der Waals surface area (Å²) >= 11 is 5.95. The van der Waals surface area contributed by atoms with E-state index in [4.69, 9.17) is 17.3 Å². The van der Waals surface area contributed by atoms with Gasteiger partial charge in [-0.1, -0.05) is 30.7 Å². The SMILES string of the molecule is CCc1cccc(Cl)c1NC(=O)CN. The lowest BCUT2D eigenvalue weighted by Crippen LogP contribution is -2.22. The Labute approximate surface area is 88.2 Å². The molecule has 0 aliphatic carbocycles. The van der Waals surface area contributed by atoms with Gasteiger partial charge in [0.05, 0.1) is 17.3 Å². The molecule has 4 heteroatoms. The van der Waals surface area contributed by atoms with Crippen LogP contribution in [0.2, 0.25) is 5.02 Å². The van der Waals surface area contributed by atoms with Gasteiger partial charge in [0.2, 0.25) is 5.91 Å². The van der Waals surface area contributed by atoms with Crippen LogP contribution in [0.5, 0.6) is 0 Å². The first kappa shape index (κ1) is 11.0. The number of rotatable bonds is 3. The summed E-state index contributed by atoms with van der Waals surface area (Å²) in [6, 6.07) is 5.53. The average Bonchev–Trinajstić information content (AvgIpc) is 2.20. The van der Waals surface area contributed by atoms with Crippen molar-refractivity contribution < 1.29 is 4.79 Å². The van der Waals surface area contributed by atoms with E-state index in [9.17, 15) is 4.79 Å². The highest BCUT2D eigenvalue weighted by atomic mass is 35.5. The first-order valence-electron chi connectivity index (χ1n) is 4.46. The predicted molar refractivity (Wildman–Crippen MR) is 58.5 cm³/mol. The van der Waals surface area contributed by atoms with Crippen LogP contribution in [0.3, 0.4) is 0 Å². The Balaban J connectivity index is 2.98. The van der Waals surface area contributed by atoms with Crippen molar-refractivity contribution in [3.8, 4) is 0 Å². The van der Waals surface area contributed by atoms with E-state index in [-0.39, 0.29) is 12.5 Å². The molecule has 0 saturated heterocycles. The number of hydrogen-bond acceptors (Lipinski definition) is 2. The molecule has 1 aromatic rings. The van der Waals surface area contributed by atoms with Crippen LogP contribution < -0.4 is 11.1 Å². The lowest BCUT2D eigenvalue weighted by atomic mass is 10.1. The number of nitrogens with two attached hydrogens (primary N) is 1. The van der Waals surface area contributed by atoms with E-state index in [2.05, 4.69) is 5.32 Å². The van der Waals surface area contributed by atoms with Crippen molar-refractivity contribution in [1.82, 2.24) is 0 Å². The second-order valence-corrected chi connectivity index (χ2v) is 3.29. The van der Waals surface area contributed by atoms with Crippen LogP contribution in [0.1, 0.15) is 12.5 Å². The van der Waals surface area contributed by atoms with Crippen molar-refractivity contribution in [2.75, 3.05) is 11.9 Å². The van der Waals surface area contributed by atoms with Gasteiger partial charge >= 0.3 is 0 Å². The minimum absolute atomic E-state index is 0.0334. The molecule has 0 saturated carbocycles. The molecule has 0 bridgehead atoms. The first-order valence-corrected chi connectivity index (χ1v) is 4.84. The molecule has 0 unspecified atom stereocenters. The fourth-order valence-corrected chi connectivity index (χ4v) is 1.44. The van der Waals surface area contributed by atoms with Crippen molar-refractivity contribution >= 4 is 23.2 Å². The molecule has 76 valence electrons. The van der Waals surface area contributed by atoms with Crippen molar-refractivity contribution in [2.24, 2.45) is 5.73 Å². The van der Waals surface area contributed by atoms with Gasteiger partial charge < -0.3 is 11.1 Å². The maximum absolute atomic E-state index is 11.1. The Bertz CT molecular complexity index is 339. The molecule has 14 heavy (non-hydrogen) atoms. The Kier molecular flexibility index (Phi) is 3.92. The number of carbonyl (C=O) groups excluding carboxylic acids is 1. The average molecular weight is 213 g/mol. The highest BCUT2D eigenvalue weighted by molar-refractivity contribution is 6.33. The van der Waals surface area contributed by atoms with Crippen molar-refractivity contribution in [3.05, 3.63) is 28.8 Å². The summed E-state index contributed by atoms with van der Waals surface area (Å²) in [4.78, 5) is 11.1. The van der Waals surface area contributed by atoms with Gasteiger partial charge in [0.1, 0.15) is 0 Å². The molecule has 1 amide bonds. The van der Waals surface area contributed by atoms with Crippen LogP contribution in [-0.4, -0.2) is 12.5 Å². The van der Waals surface area contributed by atoms with Crippen LogP contribution >= 0.6 is 11.6 Å². The number of benzene rings is 1. The summed E-state index contributed by atoms with van der Waals surface area (Å²) in [7, 11) is 0. The van der Waals surface area contributed by atoms with Crippen molar-refractivity contribution in [2.45, 2.75) is 13.3 Å². The standard InChI is InChI=1S/C10H13ClN2O/c1-2-7-4-3-5-8(11)10(7)13-9(14)6-12/h3-5H,2,6,12H2,1H3,(H,13,14). The molecule has 0 spiro atoms. The zero-order valence-electron chi connectivity index (χ0n) is 8.01. The van der Waals surface area contributed by atoms with Crippen LogP contribution in [0.25, 0.3) is 0 Å². The van der Waals surface area contributed by atoms with E-state index < -0.39 is 0 Å². The summed E-state index contributed by atoms with van der Waals surface area (Å²) < 4.78 is 0. The second-order valence-electron chi connectivity index (χ2n) is 2.88. The Morgan fingerprint density at radius 1 is 1.57 bits per heavy atom. The molecule has 0 aliphatic rings. The van der Waals surface area contributed by atoms with Gasteiger partial charge in [0.25, 0.3) is 0 Å². The molecule has 1 aromatic carbocycles. The van der Waals surface area contributed by atoms with Crippen LogP contribution in [0.4, 0.5) is 5.69 Å². The smallest absolute Gasteiger partial charge is 0.238 e. The van der Waals surface area contributed by atoms with E-state index in [1.807, 2.05) is 19.1 Å². The molecule has 3 nitrogen and oxygen atoms in total. The van der Waals surface area contributed by atoms with Crippen molar-refractivity contribution in [3.63, 3.8) is 0 Å². The molecule has 0 radical (unpaired) electrons. The molecular weight excluding hydrogens is 200 g/mol. The van der Waals surface area contributed by atoms with Gasteiger partial charge in [0.15, 0.2) is 0 Å². The van der Waals surface area contributed by atoms with Gasteiger partial charge in [-0.05, 0) is 18.1 Å². The maximum atomic E-state index is 11.1. The lowest BCUT2D eigenvalue weighted by Gasteiger charge is -2.10. The van der Waals surface area contributed by atoms with Gasteiger partial charge in [0, 0.05) is 0 Å². The zero-order valence-corrected chi connectivity index (χ0v) is 8.77. The van der Waals surface area contributed by atoms with E-state index in [0.29, 0.717) is 10.7 Å². The fraction of sp³-hybridized carbons (Fsp3) is 0.300. The van der Waals surface area contributed by atoms with E-state index in [1.165, 1.54) is 0 Å². The number of hydrogen-bond donors (Lipinski definition) is 2. The van der Waals surface area contributed by atoms with Gasteiger partial charge in [-0.2, -0.15) is 0 Å². The summed E-state index contributed by atoms with van der Waals surface area (Å²) in [5.74, 6) is -0.229. The summed E-state index contributed by atoms with van der Waals surface area (Å²) in [6.45, 7) is 1.97. The largest absolute Gasteiger partial charge is 0.323 e. The minimum atomic E-state index is -0.229. The summed E-state index contributed by atoms with van der Waals surface area (Å²) in [5.41, 5.74) is 6.89. The maximum Gasteiger partial charge on any atom is 0.238 e. The predicted octanol–water partition coefficient (Wildman–Crippen LogP) is 1.80. The molecule has 3 N–H and O–H groups in total. The molecule has 0 atom stereocenters.